The Labute approximate surface area is 427 Å². The Hall–Kier alpha value is -10.5. The van der Waals surface area contributed by atoms with E-state index in [1.165, 1.54) is 0 Å². The molecule has 0 radical (unpaired) electrons. The van der Waals surface area contributed by atoms with Crippen molar-refractivity contribution in [2.45, 2.75) is 0 Å². The van der Waals surface area contributed by atoms with Crippen molar-refractivity contribution in [3.8, 4) is 79.3 Å². The second kappa shape index (κ2) is 17.1. The molecule has 0 saturated heterocycles. The molecule has 348 valence electrons. The van der Waals surface area contributed by atoms with Crippen molar-refractivity contribution in [2.24, 2.45) is 0 Å². The van der Waals surface area contributed by atoms with Crippen molar-refractivity contribution < 1.29 is 4.42 Å². The van der Waals surface area contributed by atoms with Crippen LogP contribution in [-0.4, -0.2) is 44.9 Å². The smallest absolute Gasteiger partial charge is 0.227 e. The SMILES string of the molecule is c1cnc2c(-c3cc(-c4cccc5cccnc45)nc(-c4cc(-c5nc(-c6cccc7cccnc67)cc(-c6cccc7cccnc67)n5)cc(-c5nc6c7ccccc7c7ccccc7c6o5)c4)n3)cccc2c1. The predicted octanol–water partition coefficient (Wildman–Crippen LogP) is 15.6. The number of nitrogens with zero attached hydrogens (tertiary/aromatic N) is 9. The van der Waals surface area contributed by atoms with Crippen molar-refractivity contribution in [1.29, 1.82) is 0 Å². The third-order valence-corrected chi connectivity index (χ3v) is 14.1. The van der Waals surface area contributed by atoms with Crippen LogP contribution in [0.2, 0.25) is 0 Å². The van der Waals surface area contributed by atoms with Gasteiger partial charge in [0.15, 0.2) is 17.2 Å². The highest BCUT2D eigenvalue weighted by atomic mass is 16.3. The van der Waals surface area contributed by atoms with E-state index in [0.717, 1.165) is 92.9 Å². The molecule has 75 heavy (non-hydrogen) atoms. The molecule has 0 bridgehead atoms. The second-order valence-electron chi connectivity index (χ2n) is 18.5. The van der Waals surface area contributed by atoms with Gasteiger partial charge in [-0.3, -0.25) is 19.9 Å². The molecular weight excluding hydrogens is 923 g/mol. The molecule has 8 aromatic carbocycles. The summed E-state index contributed by atoms with van der Waals surface area (Å²) >= 11 is 0. The number of oxazole rings is 1. The molecule has 0 saturated carbocycles. The molecule has 0 atom stereocenters. The number of fused-ring (bicyclic) bond motifs is 10. The van der Waals surface area contributed by atoms with E-state index in [2.05, 4.69) is 127 Å². The molecule has 10 heteroatoms. The monoisotopic (exact) mass is 959 g/mol. The molecule has 7 heterocycles. The number of aromatic nitrogens is 9. The van der Waals surface area contributed by atoms with Gasteiger partial charge in [0.05, 0.1) is 44.8 Å². The highest BCUT2D eigenvalue weighted by Gasteiger charge is 2.23. The number of rotatable bonds is 7. The summed E-state index contributed by atoms with van der Waals surface area (Å²) in [6, 6.07) is 67.7. The standard InChI is InChI=1S/C65H37N9O/c1-3-23-47-45(21-1)46-22-2-4-24-48(46)62-61(47)74-65(75-62)44-34-42(63-70-53(49-25-5-13-38-17-9-29-66-57(38)49)36-54(71-63)50-26-6-14-39-18-10-30-67-58(39)50)33-43(35-44)64-72-55(51-27-7-15-40-19-11-31-68-59(40)51)37-56(73-64)52-28-8-16-41-20-12-32-69-60(41)52/h1-37H. The van der Waals surface area contributed by atoms with Crippen LogP contribution in [0, 0.1) is 0 Å². The van der Waals surface area contributed by atoms with Gasteiger partial charge in [-0.1, -0.05) is 146 Å². The summed E-state index contributed by atoms with van der Waals surface area (Å²) in [5.41, 5.74) is 13.1. The largest absolute Gasteiger partial charge is 0.435 e. The van der Waals surface area contributed by atoms with Crippen LogP contribution in [0.25, 0.3) is 156 Å². The van der Waals surface area contributed by atoms with Gasteiger partial charge in [0.25, 0.3) is 0 Å². The lowest BCUT2D eigenvalue weighted by molar-refractivity contribution is 0.623. The zero-order valence-electron chi connectivity index (χ0n) is 39.8. The summed E-state index contributed by atoms with van der Waals surface area (Å²) in [6.07, 6.45) is 7.27. The quantitative estimate of drug-likeness (QED) is 0.142. The van der Waals surface area contributed by atoms with E-state index in [4.69, 9.17) is 49.3 Å². The predicted molar refractivity (Wildman–Crippen MR) is 299 cm³/mol. The van der Waals surface area contributed by atoms with Gasteiger partial charge in [-0.15, -0.1) is 0 Å². The van der Waals surface area contributed by atoms with Crippen LogP contribution in [0.15, 0.2) is 229 Å². The summed E-state index contributed by atoms with van der Waals surface area (Å²) in [5.74, 6) is 1.35. The molecule has 15 aromatic rings. The lowest BCUT2D eigenvalue weighted by atomic mass is 10.00. The summed E-state index contributed by atoms with van der Waals surface area (Å²) in [5, 5.41) is 8.16. The first-order valence-electron chi connectivity index (χ1n) is 24.7. The molecule has 15 rings (SSSR count). The molecule has 0 unspecified atom stereocenters. The third-order valence-electron chi connectivity index (χ3n) is 14.1. The Kier molecular flexibility index (Phi) is 9.64. The van der Waals surface area contributed by atoms with Gasteiger partial charge in [0.2, 0.25) is 5.89 Å². The van der Waals surface area contributed by atoms with Crippen LogP contribution in [0.5, 0.6) is 0 Å². The molecule has 0 spiro atoms. The van der Waals surface area contributed by atoms with E-state index >= 15 is 0 Å². The Morgan fingerprint density at radius 3 is 1.03 bits per heavy atom. The van der Waals surface area contributed by atoms with Gasteiger partial charge < -0.3 is 4.42 Å². The minimum atomic E-state index is 0.426. The first-order chi connectivity index (χ1) is 37.1. The molecule has 7 aromatic heterocycles. The number of para-hydroxylation sites is 4. The molecule has 0 N–H and O–H groups in total. The summed E-state index contributed by atoms with van der Waals surface area (Å²) < 4.78 is 7.00. The zero-order valence-corrected chi connectivity index (χ0v) is 39.8. The first-order valence-corrected chi connectivity index (χ1v) is 24.7. The molecule has 0 aliphatic carbocycles. The van der Waals surface area contributed by atoms with Crippen LogP contribution in [0.1, 0.15) is 0 Å². The van der Waals surface area contributed by atoms with E-state index < -0.39 is 0 Å². The second-order valence-corrected chi connectivity index (χ2v) is 18.5. The zero-order chi connectivity index (χ0) is 49.4. The Bertz CT molecular complexity index is 4310. The summed E-state index contributed by atoms with van der Waals surface area (Å²) in [4.78, 5) is 46.6. The van der Waals surface area contributed by atoms with Gasteiger partial charge >= 0.3 is 0 Å². The van der Waals surface area contributed by atoms with E-state index in [1.54, 1.807) is 0 Å². The van der Waals surface area contributed by atoms with Crippen LogP contribution in [0.4, 0.5) is 0 Å². The van der Waals surface area contributed by atoms with Gasteiger partial charge in [-0.2, -0.15) is 0 Å². The normalized spacial score (nSPS) is 11.7. The van der Waals surface area contributed by atoms with E-state index in [-0.39, 0.29) is 0 Å². The number of hydrogen-bond acceptors (Lipinski definition) is 10. The molecule has 0 fully saturated rings. The van der Waals surface area contributed by atoms with Gasteiger partial charge in [-0.05, 0) is 65.4 Å². The molecule has 0 aliphatic rings. The number of hydrogen-bond donors (Lipinski definition) is 0. The fraction of sp³-hybridized carbons (Fsp3) is 0. The molecule has 10 nitrogen and oxygen atoms in total. The van der Waals surface area contributed by atoms with Crippen molar-refractivity contribution in [3.05, 3.63) is 225 Å². The highest BCUT2D eigenvalue weighted by molar-refractivity contribution is 6.23. The molecule has 0 aliphatic heterocycles. The fourth-order valence-electron chi connectivity index (χ4n) is 10.6. The highest BCUT2D eigenvalue weighted by Crippen LogP contribution is 2.41. The van der Waals surface area contributed by atoms with Crippen molar-refractivity contribution in [2.75, 3.05) is 0 Å². The lowest BCUT2D eigenvalue weighted by Gasteiger charge is -2.14. The van der Waals surface area contributed by atoms with Crippen molar-refractivity contribution in [3.63, 3.8) is 0 Å². The minimum absolute atomic E-state index is 0.426. The fourth-order valence-corrected chi connectivity index (χ4v) is 10.6. The van der Waals surface area contributed by atoms with Crippen molar-refractivity contribution in [1.82, 2.24) is 44.9 Å². The van der Waals surface area contributed by atoms with Crippen LogP contribution >= 0.6 is 0 Å². The van der Waals surface area contributed by atoms with Gasteiger partial charge in [0, 0.05) is 96.0 Å². The average Bonchev–Trinajstić information content (AvgIpc) is 3.95. The maximum atomic E-state index is 7.00. The van der Waals surface area contributed by atoms with Gasteiger partial charge in [0.1, 0.15) is 5.52 Å². The third kappa shape index (κ3) is 7.15. The average molecular weight is 960 g/mol. The lowest BCUT2D eigenvalue weighted by Crippen LogP contribution is -2.00. The van der Waals surface area contributed by atoms with Crippen LogP contribution in [0.3, 0.4) is 0 Å². The Morgan fingerprint density at radius 1 is 0.267 bits per heavy atom. The first kappa shape index (κ1) is 42.3. The maximum absolute atomic E-state index is 7.00. The number of benzene rings is 8. The van der Waals surface area contributed by atoms with Crippen molar-refractivity contribution >= 4 is 76.3 Å². The Morgan fingerprint density at radius 2 is 0.613 bits per heavy atom. The van der Waals surface area contributed by atoms with Crippen LogP contribution in [-0.2, 0) is 0 Å². The molecule has 0 amide bonds. The van der Waals surface area contributed by atoms with E-state index in [0.29, 0.717) is 62.6 Å². The maximum Gasteiger partial charge on any atom is 0.227 e. The Balaban J connectivity index is 1.03. The van der Waals surface area contributed by atoms with Gasteiger partial charge in [-0.25, -0.2) is 24.9 Å². The van der Waals surface area contributed by atoms with E-state index in [1.807, 2.05) is 97.6 Å². The number of pyridine rings is 4. The minimum Gasteiger partial charge on any atom is -0.435 e. The summed E-state index contributed by atoms with van der Waals surface area (Å²) in [7, 11) is 0. The van der Waals surface area contributed by atoms with E-state index in [9.17, 15) is 0 Å². The topological polar surface area (TPSA) is 129 Å². The summed E-state index contributed by atoms with van der Waals surface area (Å²) in [6.45, 7) is 0. The van der Waals surface area contributed by atoms with Crippen LogP contribution < -0.4 is 0 Å². The molecular formula is C65H37N9O.